The highest BCUT2D eigenvalue weighted by Gasteiger charge is 1.99. The lowest BCUT2D eigenvalue weighted by molar-refractivity contribution is 0.831. The summed E-state index contributed by atoms with van der Waals surface area (Å²) in [5, 5.41) is 8.52. The standard InChI is InChI=1S/C8H8N2O/c1-6-3-4-7(5-9)10(2)8(6)11/h3-4H,1-2H3. The molecule has 3 nitrogen and oxygen atoms in total. The van der Waals surface area contributed by atoms with E-state index in [0.717, 1.165) is 0 Å². The lowest BCUT2D eigenvalue weighted by Gasteiger charge is -1.99. The Balaban J connectivity index is 3.53. The van der Waals surface area contributed by atoms with Crippen molar-refractivity contribution in [2.24, 2.45) is 7.05 Å². The van der Waals surface area contributed by atoms with Crippen molar-refractivity contribution in [3.63, 3.8) is 0 Å². The Bertz CT molecular complexity index is 371. The van der Waals surface area contributed by atoms with Crippen LogP contribution in [0.15, 0.2) is 16.9 Å². The molecule has 0 aliphatic rings. The van der Waals surface area contributed by atoms with Crippen LogP contribution in [0.3, 0.4) is 0 Å². The number of aromatic nitrogens is 1. The van der Waals surface area contributed by atoms with Crippen molar-refractivity contribution in [1.82, 2.24) is 4.57 Å². The van der Waals surface area contributed by atoms with Crippen LogP contribution in [-0.4, -0.2) is 4.57 Å². The maximum atomic E-state index is 11.2. The summed E-state index contributed by atoms with van der Waals surface area (Å²) < 4.78 is 1.34. The molecule has 0 atom stereocenters. The molecule has 0 radical (unpaired) electrons. The fraction of sp³-hybridized carbons (Fsp3) is 0.250. The number of nitriles is 1. The van der Waals surface area contributed by atoms with Gasteiger partial charge in [0.25, 0.3) is 5.56 Å². The molecule has 0 bridgehead atoms. The van der Waals surface area contributed by atoms with Crippen LogP contribution in [0.25, 0.3) is 0 Å². The monoisotopic (exact) mass is 148 g/mol. The molecule has 1 aromatic rings. The first kappa shape index (κ1) is 7.55. The molecule has 0 N–H and O–H groups in total. The summed E-state index contributed by atoms with van der Waals surface area (Å²) >= 11 is 0. The van der Waals surface area contributed by atoms with Gasteiger partial charge in [-0.3, -0.25) is 4.79 Å². The molecule has 1 rings (SSSR count). The maximum Gasteiger partial charge on any atom is 0.254 e. The zero-order valence-corrected chi connectivity index (χ0v) is 6.46. The summed E-state index contributed by atoms with van der Waals surface area (Å²) in [6, 6.07) is 5.22. The Morgan fingerprint density at radius 1 is 1.55 bits per heavy atom. The van der Waals surface area contributed by atoms with Crippen LogP contribution < -0.4 is 5.56 Å². The van der Waals surface area contributed by atoms with Crippen molar-refractivity contribution in [2.75, 3.05) is 0 Å². The van der Waals surface area contributed by atoms with E-state index in [4.69, 9.17) is 5.26 Å². The maximum absolute atomic E-state index is 11.2. The van der Waals surface area contributed by atoms with Gasteiger partial charge in [0.2, 0.25) is 0 Å². The van der Waals surface area contributed by atoms with E-state index in [9.17, 15) is 4.79 Å². The Morgan fingerprint density at radius 3 is 2.73 bits per heavy atom. The van der Waals surface area contributed by atoms with Gasteiger partial charge in [-0.25, -0.2) is 0 Å². The predicted molar refractivity (Wildman–Crippen MR) is 41.1 cm³/mol. The van der Waals surface area contributed by atoms with Crippen LogP contribution in [0.4, 0.5) is 0 Å². The van der Waals surface area contributed by atoms with Crippen molar-refractivity contribution in [3.05, 3.63) is 33.7 Å². The van der Waals surface area contributed by atoms with Gasteiger partial charge >= 0.3 is 0 Å². The van der Waals surface area contributed by atoms with Crippen LogP contribution in [0.2, 0.25) is 0 Å². The molecule has 0 saturated carbocycles. The van der Waals surface area contributed by atoms with Crippen molar-refractivity contribution < 1.29 is 0 Å². The minimum atomic E-state index is -0.107. The average molecular weight is 148 g/mol. The topological polar surface area (TPSA) is 45.8 Å². The fourth-order valence-corrected chi connectivity index (χ4v) is 0.873. The molecule has 56 valence electrons. The van der Waals surface area contributed by atoms with Crippen LogP contribution >= 0.6 is 0 Å². The van der Waals surface area contributed by atoms with E-state index in [-0.39, 0.29) is 5.56 Å². The molecule has 0 amide bonds. The molecule has 0 unspecified atom stereocenters. The molecule has 0 aliphatic heterocycles. The third-order valence-electron chi connectivity index (χ3n) is 1.61. The van der Waals surface area contributed by atoms with E-state index in [2.05, 4.69) is 0 Å². The summed E-state index contributed by atoms with van der Waals surface area (Å²) in [6.07, 6.45) is 0. The molecular weight excluding hydrogens is 140 g/mol. The van der Waals surface area contributed by atoms with Crippen LogP contribution in [0.5, 0.6) is 0 Å². The molecule has 1 heterocycles. The van der Waals surface area contributed by atoms with Gasteiger partial charge < -0.3 is 4.57 Å². The number of pyridine rings is 1. The van der Waals surface area contributed by atoms with Gasteiger partial charge in [-0.15, -0.1) is 0 Å². The Kier molecular flexibility index (Phi) is 1.77. The van der Waals surface area contributed by atoms with Gasteiger partial charge in [-0.1, -0.05) is 6.07 Å². The highest BCUT2D eigenvalue weighted by molar-refractivity contribution is 5.24. The molecule has 11 heavy (non-hydrogen) atoms. The van der Waals surface area contributed by atoms with Gasteiger partial charge in [0.1, 0.15) is 11.8 Å². The Labute approximate surface area is 64.5 Å². The Hall–Kier alpha value is -1.56. The van der Waals surface area contributed by atoms with Crippen molar-refractivity contribution in [1.29, 1.82) is 5.26 Å². The Morgan fingerprint density at radius 2 is 2.18 bits per heavy atom. The average Bonchev–Trinajstić information content (AvgIpc) is 2.01. The molecule has 0 aliphatic carbocycles. The quantitative estimate of drug-likeness (QED) is 0.539. The molecule has 0 spiro atoms. The molecular formula is C8H8N2O. The number of nitrogens with zero attached hydrogens (tertiary/aromatic N) is 2. The number of hydrogen-bond donors (Lipinski definition) is 0. The first-order valence-corrected chi connectivity index (χ1v) is 3.23. The minimum Gasteiger partial charge on any atom is -0.303 e. The van der Waals surface area contributed by atoms with E-state index in [1.807, 2.05) is 6.07 Å². The summed E-state index contributed by atoms with van der Waals surface area (Å²) in [7, 11) is 1.59. The number of hydrogen-bond acceptors (Lipinski definition) is 2. The molecule has 0 aromatic carbocycles. The first-order valence-electron chi connectivity index (χ1n) is 3.23. The van der Waals surface area contributed by atoms with E-state index in [1.165, 1.54) is 4.57 Å². The van der Waals surface area contributed by atoms with Gasteiger partial charge in [0.15, 0.2) is 0 Å². The largest absolute Gasteiger partial charge is 0.303 e. The van der Waals surface area contributed by atoms with E-state index < -0.39 is 0 Å². The highest BCUT2D eigenvalue weighted by atomic mass is 16.1. The number of aryl methyl sites for hydroxylation is 1. The predicted octanol–water partition coefficient (Wildman–Crippen LogP) is 0.565. The van der Waals surface area contributed by atoms with Gasteiger partial charge in [-0.05, 0) is 13.0 Å². The number of rotatable bonds is 0. The lowest BCUT2D eigenvalue weighted by atomic mass is 10.2. The third-order valence-corrected chi connectivity index (χ3v) is 1.61. The van der Waals surface area contributed by atoms with Gasteiger partial charge in [0.05, 0.1) is 0 Å². The highest BCUT2D eigenvalue weighted by Crippen LogP contribution is 1.93. The second kappa shape index (κ2) is 2.59. The normalized spacial score (nSPS) is 9.18. The fourth-order valence-electron chi connectivity index (χ4n) is 0.873. The van der Waals surface area contributed by atoms with Crippen LogP contribution in [-0.2, 0) is 7.05 Å². The first-order chi connectivity index (χ1) is 5.16. The van der Waals surface area contributed by atoms with Crippen molar-refractivity contribution >= 4 is 0 Å². The zero-order chi connectivity index (χ0) is 8.43. The van der Waals surface area contributed by atoms with Gasteiger partial charge in [0, 0.05) is 12.6 Å². The minimum absolute atomic E-state index is 0.107. The van der Waals surface area contributed by atoms with E-state index in [0.29, 0.717) is 11.3 Å². The SMILES string of the molecule is Cc1ccc(C#N)n(C)c1=O. The van der Waals surface area contributed by atoms with Crippen LogP contribution in [0, 0.1) is 18.3 Å². The zero-order valence-electron chi connectivity index (χ0n) is 6.46. The summed E-state index contributed by atoms with van der Waals surface area (Å²) in [4.78, 5) is 11.2. The smallest absolute Gasteiger partial charge is 0.254 e. The van der Waals surface area contributed by atoms with Crippen molar-refractivity contribution in [3.8, 4) is 6.07 Å². The van der Waals surface area contributed by atoms with E-state index in [1.54, 1.807) is 26.1 Å². The summed E-state index contributed by atoms with van der Waals surface area (Å²) in [5.41, 5.74) is 0.941. The van der Waals surface area contributed by atoms with Crippen molar-refractivity contribution in [2.45, 2.75) is 6.92 Å². The van der Waals surface area contributed by atoms with Gasteiger partial charge in [-0.2, -0.15) is 5.26 Å². The van der Waals surface area contributed by atoms with Crippen LogP contribution in [0.1, 0.15) is 11.3 Å². The second-order valence-corrected chi connectivity index (χ2v) is 2.38. The van der Waals surface area contributed by atoms with E-state index >= 15 is 0 Å². The molecule has 0 saturated heterocycles. The lowest BCUT2D eigenvalue weighted by Crippen LogP contribution is -2.20. The summed E-state index contributed by atoms with van der Waals surface area (Å²) in [6.45, 7) is 1.73. The molecule has 0 fully saturated rings. The molecule has 1 aromatic heterocycles. The second-order valence-electron chi connectivity index (χ2n) is 2.38. The molecule has 3 heteroatoms. The summed E-state index contributed by atoms with van der Waals surface area (Å²) in [5.74, 6) is 0. The third kappa shape index (κ3) is 1.15.